The first-order valence-electron chi connectivity index (χ1n) is 5.73. The van der Waals surface area contributed by atoms with Crippen LogP contribution in [0.5, 0.6) is 0 Å². The van der Waals surface area contributed by atoms with E-state index < -0.39 is 5.79 Å². The van der Waals surface area contributed by atoms with Crippen molar-refractivity contribution in [2.24, 2.45) is 0 Å². The van der Waals surface area contributed by atoms with Gasteiger partial charge >= 0.3 is 0 Å². The highest BCUT2D eigenvalue weighted by Gasteiger charge is 2.32. The van der Waals surface area contributed by atoms with Crippen molar-refractivity contribution < 1.29 is 13.7 Å². The minimum absolute atomic E-state index is 0.0305. The van der Waals surface area contributed by atoms with Crippen LogP contribution in [0.4, 0.5) is 0 Å². The van der Waals surface area contributed by atoms with Crippen LogP contribution in [0.1, 0.15) is 19.4 Å². The second kappa shape index (κ2) is 5.40. The highest BCUT2D eigenvalue weighted by atomic mass is 32.2. The van der Waals surface area contributed by atoms with E-state index in [0.717, 1.165) is 4.90 Å². The molecule has 4 heteroatoms. The van der Waals surface area contributed by atoms with Crippen LogP contribution in [0.15, 0.2) is 29.2 Å². The fourth-order valence-corrected chi connectivity index (χ4v) is 2.22. The Labute approximate surface area is 107 Å². The first-order valence-corrected chi connectivity index (χ1v) is 6.47. The van der Waals surface area contributed by atoms with Gasteiger partial charge in [-0.2, -0.15) is 0 Å². The van der Waals surface area contributed by atoms with Gasteiger partial charge in [0.2, 0.25) is 0 Å². The normalized spacial score (nSPS) is 22.9. The zero-order valence-corrected chi connectivity index (χ0v) is 11.3. The first kappa shape index (κ1) is 12.9. The zero-order chi connectivity index (χ0) is 12.3. The molecule has 17 heavy (non-hydrogen) atoms. The second-order valence-electron chi connectivity index (χ2n) is 4.63. The highest BCUT2D eigenvalue weighted by molar-refractivity contribution is 7.94. The fourth-order valence-electron chi connectivity index (χ4n) is 1.62. The molecule has 94 valence electrons. The third kappa shape index (κ3) is 4.00. The average Bonchev–Trinajstić information content (AvgIpc) is 2.61. The third-order valence-electron chi connectivity index (χ3n) is 2.50. The zero-order valence-electron chi connectivity index (χ0n) is 10.4. The standard InChI is InChI=1S/C13H18O3S/c1-10-4-6-12(7-5-10)17-15-9-11-8-14-13(2,3)16-11/h4-7,11H,8-9H2,1-3H3/t11-/m1/s1. The molecule has 0 amide bonds. The maximum atomic E-state index is 5.65. The van der Waals surface area contributed by atoms with E-state index in [0.29, 0.717) is 13.2 Å². The van der Waals surface area contributed by atoms with Crippen LogP contribution in [0.3, 0.4) is 0 Å². The monoisotopic (exact) mass is 254 g/mol. The van der Waals surface area contributed by atoms with Gasteiger partial charge in [0.05, 0.1) is 13.2 Å². The molecule has 0 saturated carbocycles. The van der Waals surface area contributed by atoms with Gasteiger partial charge in [-0.1, -0.05) is 17.7 Å². The Morgan fingerprint density at radius 1 is 1.35 bits per heavy atom. The molecule has 1 heterocycles. The Hall–Kier alpha value is -0.550. The van der Waals surface area contributed by atoms with E-state index in [-0.39, 0.29) is 6.10 Å². The molecule has 1 atom stereocenters. The van der Waals surface area contributed by atoms with Gasteiger partial charge in [0.25, 0.3) is 0 Å². The molecule has 0 aromatic heterocycles. The molecule has 2 rings (SSSR count). The van der Waals surface area contributed by atoms with Crippen molar-refractivity contribution in [3.8, 4) is 0 Å². The van der Waals surface area contributed by atoms with Gasteiger partial charge in [-0.15, -0.1) is 0 Å². The van der Waals surface area contributed by atoms with E-state index in [1.165, 1.54) is 17.6 Å². The molecular weight excluding hydrogens is 236 g/mol. The summed E-state index contributed by atoms with van der Waals surface area (Å²) in [4.78, 5) is 1.11. The predicted octanol–water partition coefficient (Wildman–Crippen LogP) is 3.17. The molecule has 1 aliphatic heterocycles. The summed E-state index contributed by atoms with van der Waals surface area (Å²) < 4.78 is 16.7. The lowest BCUT2D eigenvalue weighted by atomic mass is 10.2. The Kier molecular flexibility index (Phi) is 4.09. The van der Waals surface area contributed by atoms with Crippen LogP contribution >= 0.6 is 12.0 Å². The van der Waals surface area contributed by atoms with Crippen molar-refractivity contribution in [3.63, 3.8) is 0 Å². The quantitative estimate of drug-likeness (QED) is 0.771. The molecule has 1 aromatic carbocycles. The molecule has 1 aromatic rings. The number of hydrogen-bond donors (Lipinski definition) is 0. The van der Waals surface area contributed by atoms with E-state index in [9.17, 15) is 0 Å². The Bertz CT molecular complexity index is 361. The van der Waals surface area contributed by atoms with E-state index in [4.69, 9.17) is 13.7 Å². The molecular formula is C13H18O3S. The number of benzene rings is 1. The summed E-state index contributed by atoms with van der Waals surface area (Å²) in [6.45, 7) is 7.05. The van der Waals surface area contributed by atoms with E-state index in [2.05, 4.69) is 31.2 Å². The highest BCUT2D eigenvalue weighted by Crippen LogP contribution is 2.25. The van der Waals surface area contributed by atoms with Crippen molar-refractivity contribution in [1.82, 2.24) is 0 Å². The van der Waals surface area contributed by atoms with Crippen LogP contribution in [0.2, 0.25) is 0 Å². The van der Waals surface area contributed by atoms with Crippen LogP contribution in [-0.2, 0) is 13.7 Å². The summed E-state index contributed by atoms with van der Waals surface area (Å²) >= 11 is 1.38. The van der Waals surface area contributed by atoms with E-state index in [1.807, 2.05) is 13.8 Å². The molecule has 1 aliphatic rings. The lowest BCUT2D eigenvalue weighted by Gasteiger charge is -2.16. The molecule has 0 N–H and O–H groups in total. The molecule has 1 fully saturated rings. The number of ether oxygens (including phenoxy) is 2. The molecule has 0 aliphatic carbocycles. The van der Waals surface area contributed by atoms with Crippen molar-refractivity contribution in [2.45, 2.75) is 37.6 Å². The second-order valence-corrected chi connectivity index (χ2v) is 5.51. The van der Waals surface area contributed by atoms with Crippen LogP contribution < -0.4 is 0 Å². The summed E-state index contributed by atoms with van der Waals surface area (Å²) in [6, 6.07) is 8.25. The summed E-state index contributed by atoms with van der Waals surface area (Å²) in [5, 5.41) is 0. The number of hydrogen-bond acceptors (Lipinski definition) is 4. The van der Waals surface area contributed by atoms with Gasteiger partial charge in [-0.3, -0.25) is 0 Å². The SMILES string of the molecule is Cc1ccc(SOC[C@H]2COC(C)(C)O2)cc1. The maximum absolute atomic E-state index is 5.65. The van der Waals surface area contributed by atoms with Crippen molar-refractivity contribution in [1.29, 1.82) is 0 Å². The Morgan fingerprint density at radius 2 is 2.06 bits per heavy atom. The predicted molar refractivity (Wildman–Crippen MR) is 67.9 cm³/mol. The topological polar surface area (TPSA) is 27.7 Å². The fraction of sp³-hybridized carbons (Fsp3) is 0.538. The van der Waals surface area contributed by atoms with Crippen LogP contribution in [-0.4, -0.2) is 25.1 Å². The minimum Gasteiger partial charge on any atom is -0.348 e. The third-order valence-corrected chi connectivity index (χ3v) is 3.22. The van der Waals surface area contributed by atoms with E-state index >= 15 is 0 Å². The first-order chi connectivity index (χ1) is 8.05. The molecule has 0 bridgehead atoms. The molecule has 3 nitrogen and oxygen atoms in total. The van der Waals surface area contributed by atoms with Crippen molar-refractivity contribution in [2.75, 3.05) is 13.2 Å². The summed E-state index contributed by atoms with van der Waals surface area (Å²) in [7, 11) is 0. The lowest BCUT2D eigenvalue weighted by molar-refractivity contribution is -0.141. The van der Waals surface area contributed by atoms with Gasteiger partial charge < -0.3 is 13.7 Å². The van der Waals surface area contributed by atoms with E-state index in [1.54, 1.807) is 0 Å². The van der Waals surface area contributed by atoms with Crippen molar-refractivity contribution in [3.05, 3.63) is 29.8 Å². The average molecular weight is 254 g/mol. The molecule has 1 saturated heterocycles. The lowest BCUT2D eigenvalue weighted by Crippen LogP contribution is -2.23. The van der Waals surface area contributed by atoms with Gasteiger partial charge in [0, 0.05) is 16.9 Å². The molecule has 0 unspecified atom stereocenters. The smallest absolute Gasteiger partial charge is 0.163 e. The molecule has 0 spiro atoms. The summed E-state index contributed by atoms with van der Waals surface area (Å²) in [6.07, 6.45) is 0.0305. The van der Waals surface area contributed by atoms with Gasteiger partial charge in [-0.05, 0) is 32.9 Å². The number of rotatable bonds is 4. The van der Waals surface area contributed by atoms with Crippen molar-refractivity contribution >= 4 is 12.0 Å². The molecule has 0 radical (unpaired) electrons. The van der Waals surface area contributed by atoms with Gasteiger partial charge in [0.15, 0.2) is 5.79 Å². The minimum atomic E-state index is -0.470. The van der Waals surface area contributed by atoms with Crippen LogP contribution in [0, 0.1) is 6.92 Å². The summed E-state index contributed by atoms with van der Waals surface area (Å²) in [5.74, 6) is -0.470. The van der Waals surface area contributed by atoms with Crippen LogP contribution in [0.25, 0.3) is 0 Å². The number of aryl methyl sites for hydroxylation is 1. The Balaban J connectivity index is 1.71. The maximum Gasteiger partial charge on any atom is 0.163 e. The largest absolute Gasteiger partial charge is 0.348 e. The van der Waals surface area contributed by atoms with Gasteiger partial charge in [0.1, 0.15) is 6.10 Å². The summed E-state index contributed by atoms with van der Waals surface area (Å²) in [5.41, 5.74) is 1.25. The Morgan fingerprint density at radius 3 is 2.65 bits per heavy atom. The van der Waals surface area contributed by atoms with Gasteiger partial charge in [-0.25, -0.2) is 0 Å².